The fraction of sp³-hybridized carbons (Fsp3) is 0.278. The minimum atomic E-state index is -3.76. The van der Waals surface area contributed by atoms with Gasteiger partial charge >= 0.3 is 0 Å². The van der Waals surface area contributed by atoms with E-state index in [0.29, 0.717) is 11.3 Å². The van der Waals surface area contributed by atoms with Crippen molar-refractivity contribution in [1.82, 2.24) is 5.32 Å². The van der Waals surface area contributed by atoms with Gasteiger partial charge in [0.25, 0.3) is 15.9 Å². The summed E-state index contributed by atoms with van der Waals surface area (Å²) in [7, 11) is -3.76. The van der Waals surface area contributed by atoms with Crippen molar-refractivity contribution in [3.63, 3.8) is 0 Å². The molecule has 6 heteroatoms. The van der Waals surface area contributed by atoms with Gasteiger partial charge in [0.1, 0.15) is 0 Å². The summed E-state index contributed by atoms with van der Waals surface area (Å²) >= 11 is 0. The van der Waals surface area contributed by atoms with Gasteiger partial charge in [0.15, 0.2) is 0 Å². The lowest BCUT2D eigenvalue weighted by Gasteiger charge is -2.13. The number of rotatable bonds is 6. The molecule has 0 fully saturated rings. The average Bonchev–Trinajstić information content (AvgIpc) is 2.54. The van der Waals surface area contributed by atoms with E-state index in [9.17, 15) is 13.2 Å². The van der Waals surface area contributed by atoms with E-state index in [4.69, 9.17) is 0 Å². The highest BCUT2D eigenvalue weighted by Gasteiger charge is 2.17. The quantitative estimate of drug-likeness (QED) is 0.843. The van der Waals surface area contributed by atoms with Crippen LogP contribution in [0.25, 0.3) is 0 Å². The molecule has 0 heterocycles. The molecule has 0 unspecified atom stereocenters. The number of para-hydroxylation sites is 1. The number of aryl methyl sites for hydroxylation is 1. The summed E-state index contributed by atoms with van der Waals surface area (Å²) in [5, 5.41) is 2.75. The van der Waals surface area contributed by atoms with Crippen LogP contribution in [0, 0.1) is 0 Å². The van der Waals surface area contributed by atoms with E-state index in [1.54, 1.807) is 24.3 Å². The minimum Gasteiger partial charge on any atom is -0.350 e. The van der Waals surface area contributed by atoms with Crippen molar-refractivity contribution in [2.75, 3.05) is 4.72 Å². The number of sulfonamides is 1. The molecule has 128 valence electrons. The Balaban J connectivity index is 2.31. The number of anilines is 1. The lowest BCUT2D eigenvalue weighted by molar-refractivity contribution is 0.0943. The summed E-state index contributed by atoms with van der Waals surface area (Å²) < 4.78 is 27.8. The second kappa shape index (κ2) is 7.49. The number of hydrogen-bond donors (Lipinski definition) is 2. The Hall–Kier alpha value is -2.34. The molecule has 0 atom stereocenters. The zero-order valence-corrected chi connectivity index (χ0v) is 14.9. The number of amides is 1. The average molecular weight is 346 g/mol. The monoisotopic (exact) mass is 346 g/mol. The summed E-state index contributed by atoms with van der Waals surface area (Å²) in [4.78, 5) is 12.1. The van der Waals surface area contributed by atoms with Crippen molar-refractivity contribution in [2.45, 2.75) is 38.1 Å². The maximum absolute atomic E-state index is 12.6. The van der Waals surface area contributed by atoms with Crippen LogP contribution < -0.4 is 10.0 Å². The van der Waals surface area contributed by atoms with Crippen LogP contribution in [0.2, 0.25) is 0 Å². The smallest absolute Gasteiger partial charge is 0.261 e. The van der Waals surface area contributed by atoms with Gasteiger partial charge in [-0.3, -0.25) is 9.52 Å². The van der Waals surface area contributed by atoms with Gasteiger partial charge in [0.05, 0.1) is 10.6 Å². The van der Waals surface area contributed by atoms with Crippen LogP contribution in [0.3, 0.4) is 0 Å². The first-order valence-corrected chi connectivity index (χ1v) is 9.33. The zero-order valence-electron chi connectivity index (χ0n) is 14.0. The zero-order chi connectivity index (χ0) is 17.7. The predicted molar refractivity (Wildman–Crippen MR) is 95.7 cm³/mol. The van der Waals surface area contributed by atoms with Crippen LogP contribution in [0.5, 0.6) is 0 Å². The number of nitrogens with one attached hydrogen (secondary N) is 2. The lowest BCUT2D eigenvalue weighted by atomic mass is 10.1. The largest absolute Gasteiger partial charge is 0.350 e. The Labute approximate surface area is 143 Å². The Bertz CT molecular complexity index is 830. The van der Waals surface area contributed by atoms with E-state index in [0.717, 1.165) is 12.0 Å². The number of hydrogen-bond acceptors (Lipinski definition) is 3. The molecule has 2 aromatic carbocycles. The van der Waals surface area contributed by atoms with E-state index in [1.807, 2.05) is 32.9 Å². The van der Waals surface area contributed by atoms with Gasteiger partial charge in [-0.15, -0.1) is 0 Å². The maximum Gasteiger partial charge on any atom is 0.261 e. The molecule has 0 aliphatic heterocycles. The highest BCUT2D eigenvalue weighted by molar-refractivity contribution is 7.92. The van der Waals surface area contributed by atoms with E-state index >= 15 is 0 Å². The third-order valence-corrected chi connectivity index (χ3v) is 4.83. The van der Waals surface area contributed by atoms with Gasteiger partial charge in [-0.1, -0.05) is 31.2 Å². The summed E-state index contributed by atoms with van der Waals surface area (Å²) in [6, 6.07) is 13.3. The third-order valence-electron chi connectivity index (χ3n) is 3.47. The molecule has 0 spiro atoms. The van der Waals surface area contributed by atoms with Crippen LogP contribution in [-0.2, 0) is 16.4 Å². The summed E-state index contributed by atoms with van der Waals surface area (Å²) in [5.41, 5.74) is 1.78. The van der Waals surface area contributed by atoms with Crippen molar-refractivity contribution in [3.8, 4) is 0 Å². The number of carbonyl (C=O) groups is 1. The van der Waals surface area contributed by atoms with Crippen molar-refractivity contribution < 1.29 is 13.2 Å². The fourth-order valence-corrected chi connectivity index (χ4v) is 3.43. The second-order valence-electron chi connectivity index (χ2n) is 5.77. The first-order valence-electron chi connectivity index (χ1n) is 7.85. The Morgan fingerprint density at radius 3 is 2.46 bits per heavy atom. The van der Waals surface area contributed by atoms with Gasteiger partial charge in [-0.25, -0.2) is 8.42 Å². The fourth-order valence-electron chi connectivity index (χ4n) is 2.28. The van der Waals surface area contributed by atoms with Crippen LogP contribution in [0.1, 0.15) is 36.7 Å². The molecule has 5 nitrogen and oxygen atoms in total. The first kappa shape index (κ1) is 18.0. The van der Waals surface area contributed by atoms with Crippen LogP contribution in [0.15, 0.2) is 53.4 Å². The minimum absolute atomic E-state index is 0.0210. The van der Waals surface area contributed by atoms with E-state index in [1.165, 1.54) is 12.1 Å². The van der Waals surface area contributed by atoms with Crippen molar-refractivity contribution in [1.29, 1.82) is 0 Å². The first-order chi connectivity index (χ1) is 11.3. The second-order valence-corrected chi connectivity index (χ2v) is 7.45. The molecule has 24 heavy (non-hydrogen) atoms. The summed E-state index contributed by atoms with van der Waals surface area (Å²) in [6.45, 7) is 5.66. The standard InChI is InChI=1S/C18H22N2O3S/c1-4-14-8-5-6-11-17(14)20-24(22,23)16-10-7-9-15(12-16)18(21)19-13(2)3/h5-13,20H,4H2,1-3H3,(H,19,21). The molecule has 2 aromatic rings. The lowest BCUT2D eigenvalue weighted by Crippen LogP contribution is -2.30. The molecular formula is C18H22N2O3S. The topological polar surface area (TPSA) is 75.3 Å². The molecule has 0 saturated heterocycles. The molecule has 2 rings (SSSR count). The van der Waals surface area contributed by atoms with E-state index in [-0.39, 0.29) is 16.8 Å². The SMILES string of the molecule is CCc1ccccc1NS(=O)(=O)c1cccc(C(=O)NC(C)C)c1. The molecule has 1 amide bonds. The van der Waals surface area contributed by atoms with Crippen LogP contribution in [0.4, 0.5) is 5.69 Å². The normalized spacial score (nSPS) is 11.3. The molecule has 0 radical (unpaired) electrons. The highest BCUT2D eigenvalue weighted by Crippen LogP contribution is 2.21. The van der Waals surface area contributed by atoms with Crippen LogP contribution >= 0.6 is 0 Å². The van der Waals surface area contributed by atoms with Gasteiger partial charge in [0.2, 0.25) is 0 Å². The Morgan fingerprint density at radius 1 is 1.08 bits per heavy atom. The van der Waals surface area contributed by atoms with Gasteiger partial charge < -0.3 is 5.32 Å². The van der Waals surface area contributed by atoms with Crippen molar-refractivity contribution in [2.24, 2.45) is 0 Å². The van der Waals surface area contributed by atoms with E-state index < -0.39 is 10.0 Å². The van der Waals surface area contributed by atoms with E-state index in [2.05, 4.69) is 10.0 Å². The molecule has 0 aromatic heterocycles. The summed E-state index contributed by atoms with van der Waals surface area (Å²) in [6.07, 6.45) is 0.718. The third kappa shape index (κ3) is 4.35. The van der Waals surface area contributed by atoms with Crippen LogP contribution in [-0.4, -0.2) is 20.4 Å². The summed E-state index contributed by atoms with van der Waals surface area (Å²) in [5.74, 6) is -0.295. The Kier molecular flexibility index (Phi) is 5.62. The van der Waals surface area contributed by atoms with Crippen molar-refractivity contribution in [3.05, 3.63) is 59.7 Å². The maximum atomic E-state index is 12.6. The van der Waals surface area contributed by atoms with Gasteiger partial charge in [0, 0.05) is 11.6 Å². The molecule has 2 N–H and O–H groups in total. The van der Waals surface area contributed by atoms with Gasteiger partial charge in [-0.05, 0) is 50.1 Å². The predicted octanol–water partition coefficient (Wildman–Crippen LogP) is 3.19. The number of carbonyl (C=O) groups excluding carboxylic acids is 1. The van der Waals surface area contributed by atoms with Crippen molar-refractivity contribution >= 4 is 21.6 Å². The molecular weight excluding hydrogens is 324 g/mol. The molecule has 0 aliphatic carbocycles. The van der Waals surface area contributed by atoms with Gasteiger partial charge in [-0.2, -0.15) is 0 Å². The number of benzene rings is 2. The molecule has 0 saturated carbocycles. The molecule has 0 bridgehead atoms. The molecule has 0 aliphatic rings. The highest BCUT2D eigenvalue weighted by atomic mass is 32.2. The Morgan fingerprint density at radius 2 is 1.79 bits per heavy atom.